The van der Waals surface area contributed by atoms with Crippen LogP contribution in [0.25, 0.3) is 0 Å². The molecule has 2 rings (SSSR count). The van der Waals surface area contributed by atoms with Gasteiger partial charge in [0, 0.05) is 17.4 Å². The van der Waals surface area contributed by atoms with Crippen LogP contribution in [0.15, 0.2) is 24.3 Å². The lowest BCUT2D eigenvalue weighted by molar-refractivity contribution is -0.125. The number of carbonyl (C=O) groups is 2. The first-order valence-corrected chi connectivity index (χ1v) is 8.80. The van der Waals surface area contributed by atoms with Crippen LogP contribution in [0.4, 0.5) is 0 Å². The normalized spacial score (nSPS) is 21.2. The van der Waals surface area contributed by atoms with E-state index in [0.717, 1.165) is 12.0 Å². The van der Waals surface area contributed by atoms with Crippen molar-refractivity contribution in [2.45, 2.75) is 51.6 Å². The van der Waals surface area contributed by atoms with Gasteiger partial charge in [0.15, 0.2) is 0 Å². The van der Waals surface area contributed by atoms with Gasteiger partial charge in [0.2, 0.25) is 5.91 Å². The largest absolute Gasteiger partial charge is 0.352 e. The summed E-state index contributed by atoms with van der Waals surface area (Å²) in [4.78, 5) is 27.2. The molecule has 0 bridgehead atoms. The van der Waals surface area contributed by atoms with Gasteiger partial charge < -0.3 is 10.2 Å². The van der Waals surface area contributed by atoms with Gasteiger partial charge in [-0.1, -0.05) is 25.1 Å². The summed E-state index contributed by atoms with van der Waals surface area (Å²) in [6, 6.07) is 7.25. The van der Waals surface area contributed by atoms with Crippen molar-refractivity contribution in [3.05, 3.63) is 35.4 Å². The van der Waals surface area contributed by atoms with E-state index in [2.05, 4.69) is 12.2 Å². The summed E-state index contributed by atoms with van der Waals surface area (Å²) in [5.74, 6) is 0.563. The Bertz CT molecular complexity index is 559. The molecule has 0 spiro atoms. The smallest absolute Gasteiger partial charge is 0.255 e. The van der Waals surface area contributed by atoms with Gasteiger partial charge in [-0.2, -0.15) is 0 Å². The molecule has 0 aliphatic carbocycles. The highest BCUT2D eigenvalue weighted by molar-refractivity contribution is 8.00. The van der Waals surface area contributed by atoms with Crippen molar-refractivity contribution < 1.29 is 9.59 Å². The number of benzene rings is 1. The molecule has 2 unspecified atom stereocenters. The van der Waals surface area contributed by atoms with Crippen molar-refractivity contribution in [3.8, 4) is 0 Å². The zero-order valence-electron chi connectivity index (χ0n) is 13.6. The molecule has 2 atom stereocenters. The van der Waals surface area contributed by atoms with Crippen molar-refractivity contribution in [3.63, 3.8) is 0 Å². The van der Waals surface area contributed by atoms with E-state index >= 15 is 0 Å². The molecule has 22 heavy (non-hydrogen) atoms. The van der Waals surface area contributed by atoms with E-state index in [-0.39, 0.29) is 29.3 Å². The van der Waals surface area contributed by atoms with Crippen LogP contribution in [-0.2, 0) is 4.79 Å². The third kappa shape index (κ3) is 3.46. The average molecular weight is 320 g/mol. The molecule has 1 fully saturated rings. The summed E-state index contributed by atoms with van der Waals surface area (Å²) in [7, 11) is 0. The fourth-order valence-electron chi connectivity index (χ4n) is 2.69. The molecule has 4 nitrogen and oxygen atoms in total. The topological polar surface area (TPSA) is 49.4 Å². The average Bonchev–Trinajstić information content (AvgIpc) is 2.90. The summed E-state index contributed by atoms with van der Waals surface area (Å²) in [5, 5.41) is 3.00. The van der Waals surface area contributed by atoms with Crippen LogP contribution in [0.3, 0.4) is 0 Å². The number of nitrogens with one attached hydrogen (secondary N) is 1. The van der Waals surface area contributed by atoms with E-state index in [1.165, 1.54) is 0 Å². The number of carbonyl (C=O) groups excluding carboxylic acids is 2. The minimum Gasteiger partial charge on any atom is -0.352 e. The number of nitrogens with zero attached hydrogens (tertiary/aromatic N) is 1. The highest BCUT2D eigenvalue weighted by atomic mass is 32.2. The summed E-state index contributed by atoms with van der Waals surface area (Å²) in [5.41, 5.74) is 1.63. The van der Waals surface area contributed by atoms with E-state index in [4.69, 9.17) is 0 Å². The summed E-state index contributed by atoms with van der Waals surface area (Å²) in [6.45, 7) is 7.86. The minimum atomic E-state index is -0.385. The predicted molar refractivity (Wildman–Crippen MR) is 91.0 cm³/mol. The number of rotatable bonds is 4. The maximum atomic E-state index is 13.0. The van der Waals surface area contributed by atoms with Gasteiger partial charge >= 0.3 is 0 Å². The Hall–Kier alpha value is -1.49. The van der Waals surface area contributed by atoms with Crippen LogP contribution in [-0.4, -0.2) is 39.9 Å². The predicted octanol–water partition coefficient (Wildman–Crippen LogP) is 2.81. The molecular formula is C17H24N2O2S. The Labute approximate surface area is 136 Å². The van der Waals surface area contributed by atoms with Crippen molar-refractivity contribution in [1.82, 2.24) is 10.2 Å². The number of hydrogen-bond acceptors (Lipinski definition) is 3. The van der Waals surface area contributed by atoms with Crippen LogP contribution < -0.4 is 5.32 Å². The van der Waals surface area contributed by atoms with E-state index < -0.39 is 0 Å². The molecule has 0 radical (unpaired) electrons. The molecule has 1 aromatic carbocycles. The molecule has 1 heterocycles. The summed E-state index contributed by atoms with van der Waals surface area (Å²) >= 11 is 1.69. The molecule has 0 aromatic heterocycles. The van der Waals surface area contributed by atoms with Crippen molar-refractivity contribution in [1.29, 1.82) is 0 Å². The van der Waals surface area contributed by atoms with Crippen LogP contribution >= 0.6 is 11.8 Å². The first-order chi connectivity index (χ1) is 10.5. The first kappa shape index (κ1) is 16.9. The zero-order chi connectivity index (χ0) is 16.3. The van der Waals surface area contributed by atoms with Crippen LogP contribution in [0.5, 0.6) is 0 Å². The van der Waals surface area contributed by atoms with Gasteiger partial charge in [-0.3, -0.25) is 9.59 Å². The van der Waals surface area contributed by atoms with Gasteiger partial charge in [0.1, 0.15) is 6.04 Å². The van der Waals surface area contributed by atoms with Crippen molar-refractivity contribution >= 4 is 23.6 Å². The van der Waals surface area contributed by atoms with Crippen LogP contribution in [0.2, 0.25) is 0 Å². The van der Waals surface area contributed by atoms with Crippen LogP contribution in [0.1, 0.15) is 43.1 Å². The lowest BCUT2D eigenvalue weighted by Gasteiger charge is -2.29. The fourth-order valence-corrected chi connectivity index (χ4v) is 4.04. The van der Waals surface area contributed by atoms with Crippen molar-refractivity contribution in [2.75, 3.05) is 5.75 Å². The molecule has 1 aliphatic rings. The Morgan fingerprint density at radius 3 is 2.64 bits per heavy atom. The molecule has 0 saturated carbocycles. The molecular weight excluding hydrogens is 296 g/mol. The van der Waals surface area contributed by atoms with Gasteiger partial charge in [0.25, 0.3) is 5.91 Å². The molecule has 2 amide bonds. The maximum absolute atomic E-state index is 13.0. The second-order valence-corrected chi connectivity index (χ2v) is 7.11. The fraction of sp³-hybridized carbons (Fsp3) is 0.529. The number of thioether (sulfide) groups is 1. The van der Waals surface area contributed by atoms with E-state index in [1.807, 2.05) is 45.0 Å². The summed E-state index contributed by atoms with van der Waals surface area (Å²) < 4.78 is 0. The lowest BCUT2D eigenvalue weighted by atomic mass is 10.1. The third-order valence-electron chi connectivity index (χ3n) is 3.79. The summed E-state index contributed by atoms with van der Waals surface area (Å²) in [6.07, 6.45) is 0.841. The van der Waals surface area contributed by atoms with Gasteiger partial charge in [-0.25, -0.2) is 0 Å². The Morgan fingerprint density at radius 1 is 1.36 bits per heavy atom. The van der Waals surface area contributed by atoms with Crippen LogP contribution in [0, 0.1) is 6.92 Å². The number of amides is 2. The number of hydrogen-bond donors (Lipinski definition) is 1. The first-order valence-electron chi connectivity index (χ1n) is 7.76. The molecule has 5 heteroatoms. The molecule has 1 aliphatic heterocycles. The van der Waals surface area contributed by atoms with Gasteiger partial charge in [0.05, 0.1) is 5.37 Å². The molecule has 120 valence electrons. The van der Waals surface area contributed by atoms with Crippen molar-refractivity contribution in [2.24, 2.45) is 0 Å². The molecule has 1 N–H and O–H groups in total. The van der Waals surface area contributed by atoms with E-state index in [0.29, 0.717) is 11.3 Å². The maximum Gasteiger partial charge on any atom is 0.255 e. The monoisotopic (exact) mass is 320 g/mol. The third-order valence-corrected chi connectivity index (χ3v) is 5.24. The second kappa shape index (κ2) is 7.18. The second-order valence-electron chi connectivity index (χ2n) is 5.90. The molecule has 1 aromatic rings. The Morgan fingerprint density at radius 2 is 2.05 bits per heavy atom. The SMILES string of the molecule is CCC1SCC(C(=O)NC(C)C)N1C(=O)c1ccccc1C. The van der Waals surface area contributed by atoms with E-state index in [1.54, 1.807) is 16.7 Å². The quantitative estimate of drug-likeness (QED) is 0.928. The lowest BCUT2D eigenvalue weighted by Crippen LogP contribution is -2.51. The molecule has 1 saturated heterocycles. The highest BCUT2D eigenvalue weighted by Gasteiger charge is 2.41. The Balaban J connectivity index is 2.28. The van der Waals surface area contributed by atoms with Gasteiger partial charge in [-0.05, 0) is 38.8 Å². The standard InChI is InChI=1S/C17H24N2O2S/c1-5-15-19(14(10-22-15)16(20)18-11(2)3)17(21)13-9-7-6-8-12(13)4/h6-9,11,14-15H,5,10H2,1-4H3,(H,18,20). The minimum absolute atomic E-state index is 0.0427. The van der Waals surface area contributed by atoms with E-state index in [9.17, 15) is 9.59 Å². The Kier molecular flexibility index (Phi) is 5.51. The van der Waals surface area contributed by atoms with Gasteiger partial charge in [-0.15, -0.1) is 11.8 Å². The highest BCUT2D eigenvalue weighted by Crippen LogP contribution is 2.33. The number of aryl methyl sites for hydroxylation is 1. The zero-order valence-corrected chi connectivity index (χ0v) is 14.4.